The van der Waals surface area contributed by atoms with E-state index in [9.17, 15) is 4.79 Å². The number of hydrogen-bond acceptors (Lipinski definition) is 4. The fourth-order valence-electron chi connectivity index (χ4n) is 3.36. The topological polar surface area (TPSA) is 59.9 Å². The van der Waals surface area contributed by atoms with Crippen molar-refractivity contribution in [1.82, 2.24) is 5.43 Å². The number of rotatable bonds is 6. The summed E-state index contributed by atoms with van der Waals surface area (Å²) in [5, 5.41) is 8.55. The Morgan fingerprint density at radius 3 is 2.29 bits per heavy atom. The average molecular weight is 542 g/mol. The molecule has 0 aliphatic carbocycles. The molecule has 156 valence electrons. The molecule has 0 radical (unpaired) electrons. The van der Waals surface area contributed by atoms with Gasteiger partial charge in [0.1, 0.15) is 0 Å². The number of halogens is 2. The van der Waals surface area contributed by atoms with E-state index >= 15 is 0 Å². The summed E-state index contributed by atoms with van der Waals surface area (Å²) in [6.07, 6.45) is 1.68. The molecule has 0 bridgehead atoms. The van der Waals surface area contributed by atoms with Gasteiger partial charge >= 0.3 is 0 Å². The van der Waals surface area contributed by atoms with Crippen molar-refractivity contribution in [2.24, 2.45) is 5.10 Å². The second kappa shape index (κ2) is 9.49. The predicted octanol–water partition coefficient (Wildman–Crippen LogP) is 6.06. The lowest BCUT2D eigenvalue weighted by Crippen LogP contribution is -2.24. The van der Waals surface area contributed by atoms with Gasteiger partial charge in [0.2, 0.25) is 0 Å². The van der Waals surface area contributed by atoms with Gasteiger partial charge in [-0.3, -0.25) is 4.79 Å². The zero-order chi connectivity index (χ0) is 21.8. The Hall–Kier alpha value is -2.90. The standard InChI is InChI=1S/C24H18Br2N2O3/c1-30-22-12-17(25)11-21(26)24(22)31-14-23(29)28-27-13-20-18-8-4-2-6-15(18)10-16-7-3-5-9-19(16)20/h2-13H,14H2,1H3,(H,28,29). The Labute approximate surface area is 196 Å². The predicted molar refractivity (Wildman–Crippen MR) is 131 cm³/mol. The van der Waals surface area contributed by atoms with Gasteiger partial charge in [-0.1, -0.05) is 64.5 Å². The van der Waals surface area contributed by atoms with Crippen LogP contribution < -0.4 is 14.9 Å². The van der Waals surface area contributed by atoms with E-state index in [0.29, 0.717) is 16.0 Å². The van der Waals surface area contributed by atoms with Crippen molar-refractivity contribution in [3.8, 4) is 11.5 Å². The molecule has 0 aromatic heterocycles. The van der Waals surface area contributed by atoms with Crippen LogP contribution in [0.2, 0.25) is 0 Å². The summed E-state index contributed by atoms with van der Waals surface area (Å²) in [5.74, 6) is 0.585. The summed E-state index contributed by atoms with van der Waals surface area (Å²) in [5.41, 5.74) is 3.49. The number of hydrazone groups is 1. The van der Waals surface area contributed by atoms with Gasteiger partial charge < -0.3 is 9.47 Å². The number of fused-ring (bicyclic) bond motifs is 2. The van der Waals surface area contributed by atoms with E-state index < -0.39 is 0 Å². The third-order valence-electron chi connectivity index (χ3n) is 4.74. The van der Waals surface area contributed by atoms with Crippen molar-refractivity contribution < 1.29 is 14.3 Å². The number of nitrogens with one attached hydrogen (secondary N) is 1. The van der Waals surface area contributed by atoms with Crippen LogP contribution in [0.5, 0.6) is 11.5 Å². The molecule has 0 saturated heterocycles. The van der Waals surface area contributed by atoms with Crippen LogP contribution in [-0.4, -0.2) is 25.8 Å². The van der Waals surface area contributed by atoms with Crippen molar-refractivity contribution in [1.29, 1.82) is 0 Å². The summed E-state index contributed by atoms with van der Waals surface area (Å²) in [6, 6.07) is 22.0. The van der Waals surface area contributed by atoms with Gasteiger partial charge in [0, 0.05) is 10.0 Å². The Kier molecular flexibility index (Phi) is 6.53. The molecule has 31 heavy (non-hydrogen) atoms. The smallest absolute Gasteiger partial charge is 0.277 e. The van der Waals surface area contributed by atoms with Crippen LogP contribution in [-0.2, 0) is 4.79 Å². The number of carbonyl (C=O) groups is 1. The highest BCUT2D eigenvalue weighted by Gasteiger charge is 2.13. The second-order valence-corrected chi connectivity index (χ2v) is 8.50. The fourth-order valence-corrected chi connectivity index (χ4v) is 4.66. The zero-order valence-corrected chi connectivity index (χ0v) is 19.7. The molecule has 0 aliphatic rings. The maximum Gasteiger partial charge on any atom is 0.277 e. The maximum absolute atomic E-state index is 12.3. The van der Waals surface area contributed by atoms with E-state index in [0.717, 1.165) is 31.6 Å². The van der Waals surface area contributed by atoms with Crippen molar-refractivity contribution in [3.05, 3.63) is 81.2 Å². The van der Waals surface area contributed by atoms with Crippen molar-refractivity contribution in [3.63, 3.8) is 0 Å². The number of amides is 1. The van der Waals surface area contributed by atoms with Crippen LogP contribution in [0.25, 0.3) is 21.5 Å². The molecule has 4 aromatic rings. The molecule has 0 heterocycles. The number of methoxy groups -OCH3 is 1. The minimum atomic E-state index is -0.377. The molecule has 1 N–H and O–H groups in total. The van der Waals surface area contributed by atoms with E-state index in [1.165, 1.54) is 0 Å². The quantitative estimate of drug-likeness (QED) is 0.183. The molecule has 4 aromatic carbocycles. The summed E-state index contributed by atoms with van der Waals surface area (Å²) < 4.78 is 12.5. The number of ether oxygens (including phenoxy) is 2. The van der Waals surface area contributed by atoms with E-state index in [-0.39, 0.29) is 12.5 Å². The summed E-state index contributed by atoms with van der Waals surface area (Å²) in [6.45, 7) is -0.204. The van der Waals surface area contributed by atoms with E-state index in [1.807, 2.05) is 42.5 Å². The number of nitrogens with zero attached hydrogens (tertiary/aromatic N) is 1. The molecule has 7 heteroatoms. The molecule has 0 spiro atoms. The van der Waals surface area contributed by atoms with Gasteiger partial charge in [-0.15, -0.1) is 0 Å². The largest absolute Gasteiger partial charge is 0.493 e. The minimum Gasteiger partial charge on any atom is -0.493 e. The van der Waals surface area contributed by atoms with Crippen LogP contribution in [0.3, 0.4) is 0 Å². The molecule has 4 rings (SSSR count). The minimum absolute atomic E-state index is 0.204. The lowest BCUT2D eigenvalue weighted by atomic mass is 9.97. The first-order valence-corrected chi connectivity index (χ1v) is 11.0. The SMILES string of the molecule is COc1cc(Br)cc(Br)c1OCC(=O)NN=Cc1c2ccccc2cc2ccccc12. The molecular formula is C24H18Br2N2O3. The second-order valence-electron chi connectivity index (χ2n) is 6.73. The Morgan fingerprint density at radius 2 is 1.65 bits per heavy atom. The lowest BCUT2D eigenvalue weighted by Gasteiger charge is -2.12. The zero-order valence-electron chi connectivity index (χ0n) is 16.6. The molecule has 0 aliphatic heterocycles. The van der Waals surface area contributed by atoms with Gasteiger partial charge in [-0.05, 0) is 55.7 Å². The highest BCUT2D eigenvalue weighted by Crippen LogP contribution is 2.38. The molecule has 0 unspecified atom stereocenters. The van der Waals surface area contributed by atoms with Crippen LogP contribution >= 0.6 is 31.9 Å². The van der Waals surface area contributed by atoms with Gasteiger partial charge in [-0.2, -0.15) is 5.10 Å². The first-order chi connectivity index (χ1) is 15.1. The molecule has 0 saturated carbocycles. The highest BCUT2D eigenvalue weighted by molar-refractivity contribution is 9.11. The average Bonchev–Trinajstić information content (AvgIpc) is 2.77. The normalized spacial score (nSPS) is 11.2. The monoisotopic (exact) mass is 540 g/mol. The van der Waals surface area contributed by atoms with Gasteiger partial charge in [0.15, 0.2) is 18.1 Å². The number of hydrogen-bond donors (Lipinski definition) is 1. The van der Waals surface area contributed by atoms with Gasteiger partial charge in [0.25, 0.3) is 5.91 Å². The lowest BCUT2D eigenvalue weighted by molar-refractivity contribution is -0.123. The Bertz CT molecular complexity index is 1250. The molecule has 1 amide bonds. The highest BCUT2D eigenvalue weighted by atomic mass is 79.9. The molecule has 0 fully saturated rings. The first-order valence-electron chi connectivity index (χ1n) is 9.45. The van der Waals surface area contributed by atoms with Crippen LogP contribution in [0, 0.1) is 0 Å². The van der Waals surface area contributed by atoms with Crippen LogP contribution in [0.1, 0.15) is 5.56 Å². The third-order valence-corrected chi connectivity index (χ3v) is 5.78. The van der Waals surface area contributed by atoms with Crippen LogP contribution in [0.15, 0.2) is 80.8 Å². The summed E-state index contributed by atoms with van der Waals surface area (Å²) in [7, 11) is 1.54. The Morgan fingerprint density at radius 1 is 1.00 bits per heavy atom. The summed E-state index contributed by atoms with van der Waals surface area (Å²) >= 11 is 6.82. The molecule has 0 atom stereocenters. The van der Waals surface area contributed by atoms with E-state index in [4.69, 9.17) is 9.47 Å². The number of carbonyl (C=O) groups excluding carboxylic acids is 1. The molecule has 5 nitrogen and oxygen atoms in total. The first kappa shape index (κ1) is 21.3. The Balaban J connectivity index is 1.52. The van der Waals surface area contributed by atoms with Gasteiger partial charge in [-0.25, -0.2) is 5.43 Å². The van der Waals surface area contributed by atoms with Crippen molar-refractivity contribution in [2.45, 2.75) is 0 Å². The van der Waals surface area contributed by atoms with Crippen LogP contribution in [0.4, 0.5) is 0 Å². The number of benzene rings is 4. The summed E-state index contributed by atoms with van der Waals surface area (Å²) in [4.78, 5) is 12.3. The molecular weight excluding hydrogens is 524 g/mol. The van der Waals surface area contributed by atoms with Crippen molar-refractivity contribution >= 4 is 65.5 Å². The fraction of sp³-hybridized carbons (Fsp3) is 0.0833. The van der Waals surface area contributed by atoms with E-state index in [1.54, 1.807) is 19.4 Å². The van der Waals surface area contributed by atoms with Gasteiger partial charge in [0.05, 0.1) is 17.8 Å². The van der Waals surface area contributed by atoms with Crippen molar-refractivity contribution in [2.75, 3.05) is 13.7 Å². The maximum atomic E-state index is 12.3. The van der Waals surface area contributed by atoms with E-state index in [2.05, 4.69) is 60.6 Å². The third kappa shape index (κ3) is 4.73.